The number of carbonyl (C=O) groups excluding carboxylic acids is 1. The normalized spacial score (nSPS) is 10.4. The van der Waals surface area contributed by atoms with Crippen molar-refractivity contribution in [1.29, 1.82) is 0 Å². The van der Waals surface area contributed by atoms with E-state index in [2.05, 4.69) is 0 Å². The van der Waals surface area contributed by atoms with Crippen molar-refractivity contribution in [3.8, 4) is 0 Å². The molecule has 0 unspecified atom stereocenters. The van der Waals surface area contributed by atoms with Crippen molar-refractivity contribution in [2.24, 2.45) is 0 Å². The van der Waals surface area contributed by atoms with Gasteiger partial charge in [0.05, 0.1) is 16.6 Å². The molecule has 0 aliphatic heterocycles. The molecule has 0 radical (unpaired) electrons. The first-order chi connectivity index (χ1) is 8.99. The average Bonchev–Trinajstić information content (AvgIpc) is 2.84. The molecule has 2 aromatic rings. The number of benzene rings is 1. The summed E-state index contributed by atoms with van der Waals surface area (Å²) >= 11 is 1.31. The molecule has 1 heterocycles. The van der Waals surface area contributed by atoms with Crippen molar-refractivity contribution in [2.45, 2.75) is 6.42 Å². The first kappa shape index (κ1) is 13.3. The zero-order valence-corrected chi connectivity index (χ0v) is 10.2. The van der Waals surface area contributed by atoms with Gasteiger partial charge in [-0.2, -0.15) is 0 Å². The van der Waals surface area contributed by atoms with E-state index in [1.807, 2.05) is 0 Å². The molecular formula is C12H7F2NO3S. The standard InChI is InChI=1S/C12H7F2NO3S/c13-9-5-8(11(15(17)18)6-10(9)14)12(16)4-7-2-1-3-19-7/h1-3,5-6H,4H2. The Hall–Kier alpha value is -2.15. The highest BCUT2D eigenvalue weighted by molar-refractivity contribution is 7.10. The van der Waals surface area contributed by atoms with Crippen LogP contribution in [-0.4, -0.2) is 10.7 Å². The molecule has 1 aromatic carbocycles. The first-order valence-electron chi connectivity index (χ1n) is 5.18. The lowest BCUT2D eigenvalue weighted by atomic mass is 10.0. The van der Waals surface area contributed by atoms with Gasteiger partial charge in [-0.15, -0.1) is 11.3 Å². The van der Waals surface area contributed by atoms with Crippen molar-refractivity contribution >= 4 is 22.8 Å². The number of ketones is 1. The molecule has 0 spiro atoms. The molecule has 98 valence electrons. The summed E-state index contributed by atoms with van der Waals surface area (Å²) in [5, 5.41) is 12.5. The Labute approximate surface area is 110 Å². The predicted octanol–water partition coefficient (Wildman–Crippen LogP) is 3.36. The van der Waals surface area contributed by atoms with E-state index in [4.69, 9.17) is 0 Å². The van der Waals surface area contributed by atoms with Gasteiger partial charge in [-0.25, -0.2) is 8.78 Å². The smallest absolute Gasteiger partial charge is 0.283 e. The Morgan fingerprint density at radius 1 is 1.32 bits per heavy atom. The minimum absolute atomic E-state index is 0.0798. The Morgan fingerprint density at radius 3 is 2.58 bits per heavy atom. The lowest BCUT2D eigenvalue weighted by Crippen LogP contribution is -2.08. The number of Topliss-reactive ketones (excluding diaryl/α,β-unsaturated/α-hetero) is 1. The van der Waals surface area contributed by atoms with Crippen LogP contribution >= 0.6 is 11.3 Å². The average molecular weight is 283 g/mol. The van der Waals surface area contributed by atoms with Crippen LogP contribution in [0, 0.1) is 21.7 Å². The third-order valence-electron chi connectivity index (χ3n) is 2.45. The maximum atomic E-state index is 13.1. The van der Waals surface area contributed by atoms with Gasteiger partial charge in [0.1, 0.15) is 0 Å². The third-order valence-corrected chi connectivity index (χ3v) is 3.33. The van der Waals surface area contributed by atoms with Crippen LogP contribution in [0.2, 0.25) is 0 Å². The van der Waals surface area contributed by atoms with Gasteiger partial charge in [0.25, 0.3) is 5.69 Å². The Balaban J connectivity index is 2.40. The zero-order valence-electron chi connectivity index (χ0n) is 9.43. The van der Waals surface area contributed by atoms with Crippen LogP contribution in [-0.2, 0) is 6.42 Å². The monoisotopic (exact) mass is 283 g/mol. The summed E-state index contributed by atoms with van der Waals surface area (Å²) in [5.74, 6) is -3.24. The van der Waals surface area contributed by atoms with E-state index >= 15 is 0 Å². The number of carbonyl (C=O) groups is 1. The van der Waals surface area contributed by atoms with Crippen LogP contribution in [0.15, 0.2) is 29.6 Å². The number of halogens is 2. The van der Waals surface area contributed by atoms with Crippen LogP contribution in [0.25, 0.3) is 0 Å². The van der Waals surface area contributed by atoms with E-state index in [9.17, 15) is 23.7 Å². The Bertz CT molecular complexity index is 641. The van der Waals surface area contributed by atoms with E-state index in [1.54, 1.807) is 17.5 Å². The van der Waals surface area contributed by atoms with Crippen molar-refractivity contribution in [1.82, 2.24) is 0 Å². The van der Waals surface area contributed by atoms with Gasteiger partial charge in [-0.3, -0.25) is 14.9 Å². The molecule has 0 bridgehead atoms. The molecule has 0 aliphatic rings. The molecule has 19 heavy (non-hydrogen) atoms. The fourth-order valence-corrected chi connectivity index (χ4v) is 2.28. The number of nitro groups is 1. The number of nitrogens with zero attached hydrogens (tertiary/aromatic N) is 1. The molecule has 0 N–H and O–H groups in total. The molecule has 7 heteroatoms. The fourth-order valence-electron chi connectivity index (χ4n) is 1.58. The maximum absolute atomic E-state index is 13.1. The minimum atomic E-state index is -1.35. The second-order valence-corrected chi connectivity index (χ2v) is 4.75. The highest BCUT2D eigenvalue weighted by Gasteiger charge is 2.23. The highest BCUT2D eigenvalue weighted by atomic mass is 32.1. The number of rotatable bonds is 4. The quantitative estimate of drug-likeness (QED) is 0.491. The largest absolute Gasteiger partial charge is 0.294 e. The van der Waals surface area contributed by atoms with E-state index in [0.717, 1.165) is 0 Å². The van der Waals surface area contributed by atoms with Crippen LogP contribution in [0.4, 0.5) is 14.5 Å². The lowest BCUT2D eigenvalue weighted by Gasteiger charge is -2.02. The van der Waals surface area contributed by atoms with Crippen LogP contribution in [0.1, 0.15) is 15.2 Å². The molecule has 0 saturated carbocycles. The molecule has 0 aliphatic carbocycles. The SMILES string of the molecule is O=C(Cc1cccs1)c1cc(F)c(F)cc1[N+](=O)[O-]. The second-order valence-electron chi connectivity index (χ2n) is 3.72. The highest BCUT2D eigenvalue weighted by Crippen LogP contribution is 2.24. The Kier molecular flexibility index (Phi) is 3.66. The third kappa shape index (κ3) is 2.82. The van der Waals surface area contributed by atoms with E-state index in [1.165, 1.54) is 11.3 Å². The molecule has 0 fully saturated rings. The molecule has 0 amide bonds. The molecule has 0 saturated heterocycles. The van der Waals surface area contributed by atoms with Gasteiger partial charge in [0.2, 0.25) is 0 Å². The number of hydrogen-bond donors (Lipinski definition) is 0. The zero-order chi connectivity index (χ0) is 14.0. The molecule has 1 aromatic heterocycles. The summed E-state index contributed by atoms with van der Waals surface area (Å²) in [5.41, 5.74) is -1.14. The van der Waals surface area contributed by atoms with Gasteiger partial charge >= 0.3 is 0 Å². The van der Waals surface area contributed by atoms with E-state index in [0.29, 0.717) is 17.0 Å². The first-order valence-corrected chi connectivity index (χ1v) is 6.06. The van der Waals surface area contributed by atoms with Gasteiger partial charge in [0.15, 0.2) is 17.4 Å². The molecule has 4 nitrogen and oxygen atoms in total. The number of nitro benzene ring substituents is 1. The van der Waals surface area contributed by atoms with E-state index in [-0.39, 0.29) is 6.42 Å². The number of thiophene rings is 1. The molecular weight excluding hydrogens is 276 g/mol. The topological polar surface area (TPSA) is 60.2 Å². The molecule has 2 rings (SSSR count). The minimum Gasteiger partial charge on any atom is -0.294 e. The van der Waals surface area contributed by atoms with Gasteiger partial charge in [-0.05, 0) is 17.5 Å². The van der Waals surface area contributed by atoms with E-state index < -0.39 is 33.6 Å². The summed E-state index contributed by atoms with van der Waals surface area (Å²) in [4.78, 5) is 22.5. The van der Waals surface area contributed by atoms with Gasteiger partial charge in [0, 0.05) is 11.3 Å². The van der Waals surface area contributed by atoms with Crippen LogP contribution in [0.5, 0.6) is 0 Å². The van der Waals surface area contributed by atoms with Crippen LogP contribution < -0.4 is 0 Å². The summed E-state index contributed by atoms with van der Waals surface area (Å²) < 4.78 is 26.1. The van der Waals surface area contributed by atoms with Crippen molar-refractivity contribution < 1.29 is 18.5 Å². The van der Waals surface area contributed by atoms with Crippen LogP contribution in [0.3, 0.4) is 0 Å². The summed E-state index contributed by atoms with van der Waals surface area (Å²) in [6.45, 7) is 0. The maximum Gasteiger partial charge on any atom is 0.283 e. The predicted molar refractivity (Wildman–Crippen MR) is 65.4 cm³/mol. The number of hydrogen-bond acceptors (Lipinski definition) is 4. The Morgan fingerprint density at radius 2 is 2.00 bits per heavy atom. The lowest BCUT2D eigenvalue weighted by molar-refractivity contribution is -0.385. The summed E-state index contributed by atoms with van der Waals surface area (Å²) in [7, 11) is 0. The summed E-state index contributed by atoms with van der Waals surface area (Å²) in [6, 6.07) is 4.42. The second kappa shape index (κ2) is 5.23. The van der Waals surface area contributed by atoms with Crippen molar-refractivity contribution in [2.75, 3.05) is 0 Å². The van der Waals surface area contributed by atoms with Gasteiger partial charge < -0.3 is 0 Å². The van der Waals surface area contributed by atoms with Gasteiger partial charge in [-0.1, -0.05) is 6.07 Å². The fraction of sp³-hybridized carbons (Fsp3) is 0.0833. The molecule has 0 atom stereocenters. The van der Waals surface area contributed by atoms with Crippen molar-refractivity contribution in [3.05, 3.63) is 61.8 Å². The summed E-state index contributed by atoms with van der Waals surface area (Å²) in [6.07, 6.45) is -0.0798. The van der Waals surface area contributed by atoms with Crippen molar-refractivity contribution in [3.63, 3.8) is 0 Å².